The number of carbonyl (C=O) groups excluding carboxylic acids is 2. The van der Waals surface area contributed by atoms with Crippen molar-refractivity contribution in [2.24, 2.45) is 7.05 Å². The third-order valence-electron chi connectivity index (χ3n) is 5.97. The lowest BCUT2D eigenvalue weighted by molar-refractivity contribution is -0.139. The highest BCUT2D eigenvalue weighted by atomic mass is 19.3. The molecule has 2 aromatic carbocycles. The maximum absolute atomic E-state index is 13.4. The molecule has 5 aromatic rings. The number of halogens is 2. The number of alkyl halides is 2. The molecule has 0 spiro atoms. The SMILES string of the molecule is COc1cc(-c2cnc3cc(-c4cnn(C)c4)ccn23)cc(OC(F)F)c1C(=O)C(=O)OCc1ccccc1. The molecule has 0 bridgehead atoms. The number of methoxy groups -OCH3 is 1. The summed E-state index contributed by atoms with van der Waals surface area (Å²) in [7, 11) is 3.07. The van der Waals surface area contributed by atoms with Gasteiger partial charge in [0.25, 0.3) is 5.78 Å². The van der Waals surface area contributed by atoms with E-state index in [1.54, 1.807) is 58.0 Å². The number of hydrogen-bond acceptors (Lipinski definition) is 7. The van der Waals surface area contributed by atoms with E-state index in [1.165, 1.54) is 19.2 Å². The molecule has 0 fully saturated rings. The van der Waals surface area contributed by atoms with Crippen molar-refractivity contribution in [1.29, 1.82) is 0 Å². The standard InChI is InChI=1S/C28H22F2N4O5/c1-33-15-20(13-32-33)18-8-9-34-21(14-31-24(34)12-18)19-10-22(37-2)25(23(11-19)39-28(29)30)26(35)27(36)38-16-17-6-4-3-5-7-17/h3-15,28H,16H2,1-2H3. The summed E-state index contributed by atoms with van der Waals surface area (Å²) in [5, 5.41) is 4.18. The molecule has 0 atom stereocenters. The third kappa shape index (κ3) is 5.33. The van der Waals surface area contributed by atoms with E-state index in [9.17, 15) is 18.4 Å². The van der Waals surface area contributed by atoms with E-state index in [0.29, 0.717) is 22.5 Å². The van der Waals surface area contributed by atoms with Crippen molar-refractivity contribution < 1.29 is 32.6 Å². The van der Waals surface area contributed by atoms with Gasteiger partial charge in [0.15, 0.2) is 0 Å². The van der Waals surface area contributed by atoms with Gasteiger partial charge in [-0.05, 0) is 35.4 Å². The van der Waals surface area contributed by atoms with Crippen molar-refractivity contribution in [2.45, 2.75) is 13.2 Å². The van der Waals surface area contributed by atoms with Gasteiger partial charge < -0.3 is 14.2 Å². The molecular weight excluding hydrogens is 510 g/mol. The van der Waals surface area contributed by atoms with Crippen LogP contribution in [-0.4, -0.2) is 44.6 Å². The van der Waals surface area contributed by atoms with Crippen LogP contribution in [0.3, 0.4) is 0 Å². The number of imidazole rings is 1. The molecule has 39 heavy (non-hydrogen) atoms. The van der Waals surface area contributed by atoms with Gasteiger partial charge in [0.05, 0.1) is 25.2 Å². The minimum atomic E-state index is -3.26. The molecular formula is C28H22F2N4O5. The Bertz CT molecular complexity index is 1660. The molecule has 5 rings (SSSR count). The predicted molar refractivity (Wildman–Crippen MR) is 137 cm³/mol. The van der Waals surface area contributed by atoms with Gasteiger partial charge in [-0.15, -0.1) is 0 Å². The second-order valence-corrected chi connectivity index (χ2v) is 8.51. The topological polar surface area (TPSA) is 97.0 Å². The van der Waals surface area contributed by atoms with Gasteiger partial charge in [-0.1, -0.05) is 30.3 Å². The van der Waals surface area contributed by atoms with E-state index in [2.05, 4.69) is 14.8 Å². The molecule has 3 heterocycles. The zero-order valence-corrected chi connectivity index (χ0v) is 20.9. The summed E-state index contributed by atoms with van der Waals surface area (Å²) >= 11 is 0. The van der Waals surface area contributed by atoms with E-state index in [4.69, 9.17) is 9.47 Å². The number of rotatable bonds is 9. The summed E-state index contributed by atoms with van der Waals surface area (Å²) < 4.78 is 45.3. The third-order valence-corrected chi connectivity index (χ3v) is 5.97. The maximum Gasteiger partial charge on any atom is 0.387 e. The predicted octanol–water partition coefficient (Wildman–Crippen LogP) is 4.94. The molecule has 0 aliphatic rings. The van der Waals surface area contributed by atoms with Crippen LogP contribution in [0.25, 0.3) is 28.0 Å². The van der Waals surface area contributed by atoms with Gasteiger partial charge in [-0.3, -0.25) is 13.9 Å². The van der Waals surface area contributed by atoms with Gasteiger partial charge in [0.1, 0.15) is 29.3 Å². The fourth-order valence-corrected chi connectivity index (χ4v) is 4.15. The van der Waals surface area contributed by atoms with Crippen LogP contribution in [0.5, 0.6) is 11.5 Å². The normalized spacial score (nSPS) is 11.1. The zero-order valence-electron chi connectivity index (χ0n) is 20.9. The van der Waals surface area contributed by atoms with Crippen molar-refractivity contribution in [3.05, 3.63) is 90.5 Å². The van der Waals surface area contributed by atoms with Crippen LogP contribution in [0.4, 0.5) is 8.78 Å². The highest BCUT2D eigenvalue weighted by Crippen LogP contribution is 2.37. The second kappa shape index (κ2) is 10.7. The Labute approximate surface area is 221 Å². The average Bonchev–Trinajstić information content (AvgIpc) is 3.57. The Kier molecular flexibility index (Phi) is 7.04. The van der Waals surface area contributed by atoms with Crippen molar-refractivity contribution in [3.8, 4) is 33.9 Å². The van der Waals surface area contributed by atoms with Gasteiger partial charge in [-0.25, -0.2) is 9.78 Å². The molecule has 0 saturated carbocycles. The van der Waals surface area contributed by atoms with Crippen molar-refractivity contribution in [2.75, 3.05) is 7.11 Å². The first-order chi connectivity index (χ1) is 18.8. The number of fused-ring (bicyclic) bond motifs is 1. The quantitative estimate of drug-likeness (QED) is 0.151. The summed E-state index contributed by atoms with van der Waals surface area (Å²) in [5.74, 6) is -3.07. The molecule has 0 N–H and O–H groups in total. The summed E-state index contributed by atoms with van der Waals surface area (Å²) in [5.41, 5.74) is 3.47. The first-order valence-electron chi connectivity index (χ1n) is 11.7. The van der Waals surface area contributed by atoms with Crippen LogP contribution in [-0.2, 0) is 23.2 Å². The average molecular weight is 533 g/mol. The fraction of sp³-hybridized carbons (Fsp3) is 0.143. The van der Waals surface area contributed by atoms with Gasteiger partial charge in [-0.2, -0.15) is 13.9 Å². The fourth-order valence-electron chi connectivity index (χ4n) is 4.15. The molecule has 0 aliphatic heterocycles. The number of carbonyl (C=O) groups is 2. The molecule has 198 valence electrons. The number of Topliss-reactive ketones (excluding diaryl/α,β-unsaturated/α-hetero) is 1. The van der Waals surface area contributed by atoms with Crippen molar-refractivity contribution >= 4 is 17.4 Å². The van der Waals surface area contributed by atoms with Crippen LogP contribution in [0.2, 0.25) is 0 Å². The van der Waals surface area contributed by atoms with E-state index >= 15 is 0 Å². The molecule has 3 aromatic heterocycles. The van der Waals surface area contributed by atoms with Crippen molar-refractivity contribution in [1.82, 2.24) is 19.2 Å². The zero-order chi connectivity index (χ0) is 27.5. The lowest BCUT2D eigenvalue weighted by atomic mass is 10.0. The van der Waals surface area contributed by atoms with E-state index < -0.39 is 29.7 Å². The number of nitrogens with zero attached hydrogens (tertiary/aromatic N) is 4. The minimum absolute atomic E-state index is 0.133. The number of aryl methyl sites for hydroxylation is 1. The van der Waals surface area contributed by atoms with Gasteiger partial charge in [0.2, 0.25) is 0 Å². The Morgan fingerprint density at radius 3 is 2.44 bits per heavy atom. The number of aromatic nitrogens is 4. The highest BCUT2D eigenvalue weighted by molar-refractivity contribution is 6.42. The Balaban J connectivity index is 1.51. The second-order valence-electron chi connectivity index (χ2n) is 8.51. The van der Waals surface area contributed by atoms with Crippen LogP contribution in [0.1, 0.15) is 15.9 Å². The Morgan fingerprint density at radius 2 is 1.74 bits per heavy atom. The number of esters is 1. The van der Waals surface area contributed by atoms with E-state index in [-0.39, 0.29) is 12.4 Å². The Hall–Kier alpha value is -5.06. The van der Waals surface area contributed by atoms with Crippen LogP contribution in [0, 0.1) is 0 Å². The van der Waals surface area contributed by atoms with Crippen molar-refractivity contribution in [3.63, 3.8) is 0 Å². The van der Waals surface area contributed by atoms with Crippen LogP contribution < -0.4 is 9.47 Å². The molecule has 0 unspecified atom stereocenters. The molecule has 0 radical (unpaired) electrons. The van der Waals surface area contributed by atoms with Crippen LogP contribution in [0.15, 0.2) is 79.4 Å². The highest BCUT2D eigenvalue weighted by Gasteiger charge is 2.29. The first kappa shape index (κ1) is 25.6. The molecule has 0 amide bonds. The number of hydrogen-bond donors (Lipinski definition) is 0. The summed E-state index contributed by atoms with van der Waals surface area (Å²) in [4.78, 5) is 30.0. The summed E-state index contributed by atoms with van der Waals surface area (Å²) in [6.07, 6.45) is 6.93. The molecule has 11 heteroatoms. The number of pyridine rings is 1. The van der Waals surface area contributed by atoms with E-state index in [1.807, 2.05) is 25.4 Å². The lowest BCUT2D eigenvalue weighted by Gasteiger charge is -2.16. The minimum Gasteiger partial charge on any atom is -0.496 e. The molecule has 0 saturated heterocycles. The Morgan fingerprint density at radius 1 is 0.974 bits per heavy atom. The smallest absolute Gasteiger partial charge is 0.387 e. The van der Waals surface area contributed by atoms with Gasteiger partial charge >= 0.3 is 12.6 Å². The number of benzene rings is 2. The van der Waals surface area contributed by atoms with E-state index in [0.717, 1.165) is 11.1 Å². The summed E-state index contributed by atoms with van der Waals surface area (Å²) in [6.45, 7) is -3.43. The number of ketones is 1. The first-order valence-corrected chi connectivity index (χ1v) is 11.7. The maximum atomic E-state index is 13.4. The monoisotopic (exact) mass is 532 g/mol. The van der Waals surface area contributed by atoms with Gasteiger partial charge in [0, 0.05) is 30.6 Å². The largest absolute Gasteiger partial charge is 0.496 e. The summed E-state index contributed by atoms with van der Waals surface area (Å²) in [6, 6.07) is 15.1. The van der Waals surface area contributed by atoms with Crippen LogP contribution >= 0.6 is 0 Å². The number of ether oxygens (including phenoxy) is 3. The molecule has 0 aliphatic carbocycles. The lowest BCUT2D eigenvalue weighted by Crippen LogP contribution is -2.20. The molecule has 9 nitrogen and oxygen atoms in total.